The molecular weight excluding hydrogens is 374 g/mol. The predicted molar refractivity (Wildman–Crippen MR) is 106 cm³/mol. The van der Waals surface area contributed by atoms with Crippen molar-refractivity contribution in [3.63, 3.8) is 0 Å². The van der Waals surface area contributed by atoms with Crippen molar-refractivity contribution in [2.24, 2.45) is 16.8 Å². The number of rotatable bonds is 1. The normalized spacial score (nSPS) is 36.8. The van der Waals surface area contributed by atoms with Gasteiger partial charge in [0.2, 0.25) is 0 Å². The highest BCUT2D eigenvalue weighted by Gasteiger charge is 2.49. The lowest BCUT2D eigenvalue weighted by atomic mass is 9.68. The molecule has 0 unspecified atom stereocenters. The van der Waals surface area contributed by atoms with Crippen molar-refractivity contribution in [3.05, 3.63) is 28.7 Å². The number of amidine groups is 1. The minimum Gasteiger partial charge on any atom is -0.356 e. The van der Waals surface area contributed by atoms with E-state index in [1.54, 1.807) is 0 Å². The Bertz CT molecular complexity index is 654. The monoisotopic (exact) mass is 401 g/mol. The molecule has 0 saturated carbocycles. The number of benzene rings is 1. The van der Waals surface area contributed by atoms with E-state index in [1.165, 1.54) is 64.0 Å². The molecule has 4 fully saturated rings. The molecule has 0 N–H and O–H groups in total. The van der Waals surface area contributed by atoms with Crippen LogP contribution in [0.4, 0.5) is 5.69 Å². The molecule has 4 atom stereocenters. The Morgan fingerprint density at radius 1 is 0.960 bits per heavy atom. The van der Waals surface area contributed by atoms with E-state index < -0.39 is 0 Å². The maximum Gasteiger partial charge on any atom is 0.105 e. The van der Waals surface area contributed by atoms with Gasteiger partial charge in [0.1, 0.15) is 5.84 Å². The van der Waals surface area contributed by atoms with Crippen LogP contribution >= 0.6 is 15.9 Å². The molecule has 0 spiro atoms. The summed E-state index contributed by atoms with van der Waals surface area (Å²) in [6, 6.07) is 10.1. The first kappa shape index (κ1) is 16.3. The second-order valence-corrected chi connectivity index (χ2v) is 9.27. The second kappa shape index (κ2) is 6.70. The second-order valence-electron chi connectivity index (χ2n) is 8.35. The van der Waals surface area contributed by atoms with E-state index in [1.807, 2.05) is 0 Å². The quantitative estimate of drug-likeness (QED) is 0.670. The number of piperidine rings is 4. The van der Waals surface area contributed by atoms with Crippen molar-refractivity contribution < 1.29 is 0 Å². The number of hydrogen-bond donors (Lipinski definition) is 0. The van der Waals surface area contributed by atoms with Gasteiger partial charge in [-0.2, -0.15) is 0 Å². The molecule has 4 heterocycles. The molecule has 4 saturated heterocycles. The summed E-state index contributed by atoms with van der Waals surface area (Å²) in [5.74, 6) is 3.10. The number of halogens is 1. The van der Waals surface area contributed by atoms with E-state index in [2.05, 4.69) is 50.0 Å². The van der Waals surface area contributed by atoms with E-state index in [9.17, 15) is 0 Å². The molecule has 4 heteroatoms. The average molecular weight is 402 g/mol. The van der Waals surface area contributed by atoms with E-state index in [0.29, 0.717) is 0 Å². The fraction of sp³-hybridized carbons (Fsp3) is 0.667. The first-order chi connectivity index (χ1) is 12.3. The SMILES string of the molecule is Brc1ccc(N=C2CCC[C@@H]3[C@H]4CCCN5CCC[C@H](CN23)[C@@H]45)cc1. The zero-order valence-electron chi connectivity index (χ0n) is 14.9. The fourth-order valence-electron chi connectivity index (χ4n) is 6.06. The van der Waals surface area contributed by atoms with Crippen LogP contribution in [-0.4, -0.2) is 47.4 Å². The average Bonchev–Trinajstić information content (AvgIpc) is 2.65. The van der Waals surface area contributed by atoms with Gasteiger partial charge in [0, 0.05) is 29.5 Å². The van der Waals surface area contributed by atoms with Crippen molar-refractivity contribution in [1.29, 1.82) is 0 Å². The summed E-state index contributed by atoms with van der Waals surface area (Å²) in [4.78, 5) is 10.7. The molecule has 0 radical (unpaired) electrons. The molecule has 0 aromatic heterocycles. The smallest absolute Gasteiger partial charge is 0.105 e. The van der Waals surface area contributed by atoms with Crippen LogP contribution in [0.1, 0.15) is 44.9 Å². The van der Waals surface area contributed by atoms with Crippen LogP contribution in [0, 0.1) is 11.8 Å². The van der Waals surface area contributed by atoms with Crippen LogP contribution in [0.5, 0.6) is 0 Å². The summed E-state index contributed by atoms with van der Waals surface area (Å²) < 4.78 is 1.13. The van der Waals surface area contributed by atoms with Crippen molar-refractivity contribution >= 4 is 27.5 Å². The van der Waals surface area contributed by atoms with Gasteiger partial charge in [-0.05, 0) is 87.7 Å². The maximum atomic E-state index is 5.10. The van der Waals surface area contributed by atoms with Crippen LogP contribution in [0.2, 0.25) is 0 Å². The Labute approximate surface area is 159 Å². The third-order valence-electron chi connectivity index (χ3n) is 6.99. The molecule has 0 amide bonds. The van der Waals surface area contributed by atoms with Gasteiger partial charge in [-0.15, -0.1) is 0 Å². The van der Waals surface area contributed by atoms with Crippen LogP contribution in [0.25, 0.3) is 0 Å². The summed E-state index contributed by atoms with van der Waals surface area (Å²) >= 11 is 3.53. The van der Waals surface area contributed by atoms with Crippen LogP contribution in [0.3, 0.4) is 0 Å². The third-order valence-corrected chi connectivity index (χ3v) is 7.52. The minimum absolute atomic E-state index is 0.741. The number of aliphatic imine (C=N–C) groups is 1. The van der Waals surface area contributed by atoms with Gasteiger partial charge in [-0.25, -0.2) is 4.99 Å². The zero-order valence-corrected chi connectivity index (χ0v) is 16.5. The Hall–Kier alpha value is -0.870. The molecule has 134 valence electrons. The van der Waals surface area contributed by atoms with Crippen molar-refractivity contribution in [2.45, 2.75) is 57.0 Å². The lowest BCUT2D eigenvalue weighted by Gasteiger charge is -2.59. The Balaban J connectivity index is 1.45. The molecule has 0 aliphatic carbocycles. The van der Waals surface area contributed by atoms with Gasteiger partial charge in [0.15, 0.2) is 0 Å². The molecule has 25 heavy (non-hydrogen) atoms. The Morgan fingerprint density at radius 3 is 2.60 bits per heavy atom. The van der Waals surface area contributed by atoms with Gasteiger partial charge in [-0.1, -0.05) is 15.9 Å². The van der Waals surface area contributed by atoms with Crippen molar-refractivity contribution in [1.82, 2.24) is 9.80 Å². The Morgan fingerprint density at radius 2 is 1.76 bits per heavy atom. The summed E-state index contributed by atoms with van der Waals surface area (Å²) in [5, 5.41) is 0. The Kier molecular flexibility index (Phi) is 4.37. The molecule has 4 aliphatic heterocycles. The highest BCUT2D eigenvalue weighted by molar-refractivity contribution is 9.10. The lowest BCUT2D eigenvalue weighted by molar-refractivity contribution is -0.0604. The molecule has 1 aromatic carbocycles. The van der Waals surface area contributed by atoms with Gasteiger partial charge < -0.3 is 4.90 Å². The predicted octanol–water partition coefficient (Wildman–Crippen LogP) is 4.84. The zero-order chi connectivity index (χ0) is 16.8. The molecule has 4 aliphatic rings. The van der Waals surface area contributed by atoms with Crippen LogP contribution < -0.4 is 0 Å². The standard InChI is InChI=1S/C21H28BrN3/c22-16-8-10-17(11-9-16)23-20-7-1-6-19-18-5-3-13-24-12-2-4-15(21(18)24)14-25(19)20/h8-11,15,18-19,21H,1-7,12-14H2/t15-,18-,19-,21+/m1/s1. The van der Waals surface area contributed by atoms with Gasteiger partial charge in [0.25, 0.3) is 0 Å². The molecule has 5 rings (SSSR count). The van der Waals surface area contributed by atoms with E-state index in [4.69, 9.17) is 4.99 Å². The molecule has 3 nitrogen and oxygen atoms in total. The number of nitrogens with zero attached hydrogens (tertiary/aromatic N) is 3. The fourth-order valence-corrected chi connectivity index (χ4v) is 6.32. The van der Waals surface area contributed by atoms with E-state index in [-0.39, 0.29) is 0 Å². The van der Waals surface area contributed by atoms with E-state index >= 15 is 0 Å². The largest absolute Gasteiger partial charge is 0.356 e. The molecular formula is C21H28BrN3. The van der Waals surface area contributed by atoms with E-state index in [0.717, 1.165) is 40.5 Å². The first-order valence-corrected chi connectivity index (χ1v) is 10.9. The highest BCUT2D eigenvalue weighted by atomic mass is 79.9. The van der Waals surface area contributed by atoms with Gasteiger partial charge in [-0.3, -0.25) is 4.90 Å². The molecule has 0 bridgehead atoms. The first-order valence-electron chi connectivity index (χ1n) is 10.1. The summed E-state index contributed by atoms with van der Waals surface area (Å²) in [7, 11) is 0. The highest BCUT2D eigenvalue weighted by Crippen LogP contribution is 2.45. The lowest BCUT2D eigenvalue weighted by Crippen LogP contribution is -2.66. The maximum absolute atomic E-state index is 5.10. The minimum atomic E-state index is 0.741. The summed E-state index contributed by atoms with van der Waals surface area (Å²) in [5.41, 5.74) is 1.11. The number of fused-ring (bicyclic) bond motifs is 2. The van der Waals surface area contributed by atoms with Crippen molar-refractivity contribution in [2.75, 3.05) is 19.6 Å². The van der Waals surface area contributed by atoms with Crippen LogP contribution in [0.15, 0.2) is 33.7 Å². The third kappa shape index (κ3) is 2.95. The topological polar surface area (TPSA) is 18.8 Å². The van der Waals surface area contributed by atoms with Gasteiger partial charge in [0.05, 0.1) is 5.69 Å². The molecule has 1 aromatic rings. The summed E-state index contributed by atoms with van der Waals surface area (Å²) in [6.07, 6.45) is 9.49. The van der Waals surface area contributed by atoms with Gasteiger partial charge >= 0.3 is 0 Å². The summed E-state index contributed by atoms with van der Waals surface area (Å²) in [6.45, 7) is 3.95. The van der Waals surface area contributed by atoms with Crippen LogP contribution in [-0.2, 0) is 0 Å². The number of hydrogen-bond acceptors (Lipinski definition) is 2. The van der Waals surface area contributed by atoms with Crippen molar-refractivity contribution in [3.8, 4) is 0 Å².